The molecule has 0 saturated carbocycles. The Labute approximate surface area is 126 Å². The number of morpholine rings is 1. The van der Waals surface area contributed by atoms with Crippen molar-refractivity contribution < 1.29 is 9.84 Å². The lowest BCUT2D eigenvalue weighted by atomic mass is 10.1. The summed E-state index contributed by atoms with van der Waals surface area (Å²) in [5.74, 6) is 0. The molecule has 1 heterocycles. The molecule has 1 fully saturated rings. The van der Waals surface area contributed by atoms with Gasteiger partial charge in [0, 0.05) is 26.2 Å². The van der Waals surface area contributed by atoms with Crippen LogP contribution in [0.3, 0.4) is 0 Å². The largest absolute Gasteiger partial charge is 0.387 e. The van der Waals surface area contributed by atoms with E-state index in [0.29, 0.717) is 12.1 Å². The zero-order valence-corrected chi connectivity index (χ0v) is 12.5. The molecule has 0 spiro atoms. The topological polar surface area (TPSA) is 68.5 Å². The van der Waals surface area contributed by atoms with E-state index in [9.17, 15) is 5.11 Å². The fourth-order valence-corrected chi connectivity index (χ4v) is 2.47. The Morgan fingerprint density at radius 1 is 1.48 bits per heavy atom. The molecule has 0 aromatic heterocycles. The molecule has 5 heteroatoms. The highest BCUT2D eigenvalue weighted by Crippen LogP contribution is 2.13. The van der Waals surface area contributed by atoms with Crippen molar-refractivity contribution in [3.63, 3.8) is 0 Å². The number of nitrogens with one attached hydrogen (secondary N) is 1. The van der Waals surface area contributed by atoms with Gasteiger partial charge in [-0.2, -0.15) is 5.26 Å². The van der Waals surface area contributed by atoms with Crippen molar-refractivity contribution in [2.75, 3.05) is 39.3 Å². The van der Waals surface area contributed by atoms with Gasteiger partial charge in [0.2, 0.25) is 0 Å². The van der Waals surface area contributed by atoms with Crippen molar-refractivity contribution in [2.24, 2.45) is 0 Å². The van der Waals surface area contributed by atoms with Crippen LogP contribution in [-0.4, -0.2) is 55.4 Å². The summed E-state index contributed by atoms with van der Waals surface area (Å²) in [6, 6.07) is 9.10. The first-order valence-electron chi connectivity index (χ1n) is 7.45. The normalized spacial score (nSPS) is 20.9. The van der Waals surface area contributed by atoms with Gasteiger partial charge in [-0.05, 0) is 24.2 Å². The Hall–Kier alpha value is -1.45. The second kappa shape index (κ2) is 8.11. The van der Waals surface area contributed by atoms with Crippen molar-refractivity contribution in [2.45, 2.75) is 19.1 Å². The fraction of sp³-hybridized carbons (Fsp3) is 0.562. The molecule has 0 bridgehead atoms. The van der Waals surface area contributed by atoms with Gasteiger partial charge in [-0.1, -0.05) is 19.1 Å². The molecule has 0 aliphatic carbocycles. The molecule has 1 saturated heterocycles. The molecule has 0 radical (unpaired) electrons. The minimum absolute atomic E-state index is 0.187. The van der Waals surface area contributed by atoms with E-state index in [1.165, 1.54) is 0 Å². The second-order valence-corrected chi connectivity index (χ2v) is 5.29. The molecule has 5 nitrogen and oxygen atoms in total. The summed E-state index contributed by atoms with van der Waals surface area (Å²) in [5, 5.41) is 22.1. The Kier molecular flexibility index (Phi) is 6.15. The summed E-state index contributed by atoms with van der Waals surface area (Å²) < 4.78 is 5.71. The number of likely N-dealkylation sites (N-methyl/N-ethyl adjacent to an activating group) is 1. The van der Waals surface area contributed by atoms with Gasteiger partial charge in [0.05, 0.1) is 30.4 Å². The first-order chi connectivity index (χ1) is 10.2. The van der Waals surface area contributed by atoms with Crippen LogP contribution in [0.1, 0.15) is 24.2 Å². The monoisotopic (exact) mass is 289 g/mol. The molecule has 1 aromatic rings. The molecule has 114 valence electrons. The molecule has 2 rings (SSSR count). The van der Waals surface area contributed by atoms with Crippen LogP contribution in [0.25, 0.3) is 0 Å². The summed E-state index contributed by atoms with van der Waals surface area (Å²) >= 11 is 0. The highest BCUT2D eigenvalue weighted by Gasteiger charge is 2.19. The molecule has 1 aliphatic rings. The van der Waals surface area contributed by atoms with E-state index in [1.807, 2.05) is 0 Å². The lowest BCUT2D eigenvalue weighted by Crippen LogP contribution is -2.46. The number of aliphatic hydroxyl groups excluding tert-OH is 1. The highest BCUT2D eigenvalue weighted by molar-refractivity contribution is 5.32. The average molecular weight is 289 g/mol. The van der Waals surface area contributed by atoms with Crippen LogP contribution in [0.15, 0.2) is 24.3 Å². The smallest absolute Gasteiger partial charge is 0.0991 e. The van der Waals surface area contributed by atoms with E-state index in [2.05, 4.69) is 23.2 Å². The third-order valence-electron chi connectivity index (χ3n) is 3.80. The summed E-state index contributed by atoms with van der Waals surface area (Å²) in [5.41, 5.74) is 1.43. The number of ether oxygens (including phenoxy) is 1. The maximum atomic E-state index is 10.1. The Bertz CT molecular complexity index is 469. The maximum Gasteiger partial charge on any atom is 0.0991 e. The lowest BCUT2D eigenvalue weighted by molar-refractivity contribution is -0.0262. The summed E-state index contributed by atoms with van der Waals surface area (Å²) in [7, 11) is 0. The molecule has 1 aliphatic heterocycles. The van der Waals surface area contributed by atoms with E-state index in [1.54, 1.807) is 24.3 Å². The van der Waals surface area contributed by atoms with Crippen molar-refractivity contribution in [3.05, 3.63) is 35.4 Å². The van der Waals surface area contributed by atoms with Gasteiger partial charge in [0.15, 0.2) is 0 Å². The summed E-state index contributed by atoms with van der Waals surface area (Å²) in [4.78, 5) is 2.37. The predicted molar refractivity (Wildman–Crippen MR) is 80.8 cm³/mol. The molecule has 2 N–H and O–H groups in total. The van der Waals surface area contributed by atoms with Crippen LogP contribution in [0.2, 0.25) is 0 Å². The van der Waals surface area contributed by atoms with Crippen LogP contribution >= 0.6 is 0 Å². The number of rotatable bonds is 6. The number of benzene rings is 1. The minimum Gasteiger partial charge on any atom is -0.387 e. The Morgan fingerprint density at radius 2 is 2.24 bits per heavy atom. The maximum absolute atomic E-state index is 10.1. The second-order valence-electron chi connectivity index (χ2n) is 5.29. The van der Waals surface area contributed by atoms with Gasteiger partial charge < -0.3 is 15.2 Å². The summed E-state index contributed by atoms with van der Waals surface area (Å²) in [6.07, 6.45) is -0.379. The van der Waals surface area contributed by atoms with Crippen LogP contribution in [-0.2, 0) is 4.74 Å². The van der Waals surface area contributed by atoms with Gasteiger partial charge in [-0.3, -0.25) is 4.90 Å². The average Bonchev–Trinajstić information content (AvgIpc) is 2.55. The number of aliphatic hydroxyl groups is 1. The number of nitrogens with zero attached hydrogens (tertiary/aromatic N) is 2. The molecule has 2 unspecified atom stereocenters. The number of nitriles is 1. The van der Waals surface area contributed by atoms with E-state index in [4.69, 9.17) is 10.00 Å². The molecule has 1 aromatic carbocycles. The number of hydrogen-bond acceptors (Lipinski definition) is 5. The van der Waals surface area contributed by atoms with Crippen LogP contribution in [0.4, 0.5) is 0 Å². The zero-order valence-electron chi connectivity index (χ0n) is 12.5. The first-order valence-corrected chi connectivity index (χ1v) is 7.45. The van der Waals surface area contributed by atoms with Crippen molar-refractivity contribution in [1.82, 2.24) is 10.2 Å². The standard InChI is InChI=1S/C16H23N3O2/c1-2-19-7-8-21-15(12-19)10-18-11-16(20)14-5-3-13(9-17)4-6-14/h3-6,15-16,18,20H,2,7-8,10-12H2,1H3. The fourth-order valence-electron chi connectivity index (χ4n) is 2.47. The molecular weight excluding hydrogens is 266 g/mol. The van der Waals surface area contributed by atoms with E-state index >= 15 is 0 Å². The molecule has 21 heavy (non-hydrogen) atoms. The van der Waals surface area contributed by atoms with Gasteiger partial charge in [-0.25, -0.2) is 0 Å². The van der Waals surface area contributed by atoms with Crippen molar-refractivity contribution in [1.29, 1.82) is 5.26 Å². The quantitative estimate of drug-likeness (QED) is 0.814. The molecule has 0 amide bonds. The Balaban J connectivity index is 1.73. The molecule has 2 atom stereocenters. The predicted octanol–water partition coefficient (Wildman–Crippen LogP) is 0.902. The minimum atomic E-state index is -0.566. The van der Waals surface area contributed by atoms with Gasteiger partial charge in [0.1, 0.15) is 0 Å². The number of hydrogen-bond donors (Lipinski definition) is 2. The van der Waals surface area contributed by atoms with Gasteiger partial charge in [-0.15, -0.1) is 0 Å². The third kappa shape index (κ3) is 4.80. The van der Waals surface area contributed by atoms with Gasteiger partial charge in [0.25, 0.3) is 0 Å². The zero-order chi connectivity index (χ0) is 15.1. The van der Waals surface area contributed by atoms with E-state index < -0.39 is 6.10 Å². The summed E-state index contributed by atoms with van der Waals surface area (Å²) in [6.45, 7) is 7.15. The van der Waals surface area contributed by atoms with Gasteiger partial charge >= 0.3 is 0 Å². The lowest BCUT2D eigenvalue weighted by Gasteiger charge is -2.32. The van der Waals surface area contributed by atoms with Crippen LogP contribution < -0.4 is 5.32 Å². The van der Waals surface area contributed by atoms with Crippen molar-refractivity contribution >= 4 is 0 Å². The Morgan fingerprint density at radius 3 is 2.90 bits per heavy atom. The van der Waals surface area contributed by atoms with Crippen molar-refractivity contribution in [3.8, 4) is 6.07 Å². The van der Waals surface area contributed by atoms with E-state index in [-0.39, 0.29) is 6.10 Å². The molecular formula is C16H23N3O2. The first kappa shape index (κ1) is 15.9. The SMILES string of the molecule is CCN1CCOC(CNCC(O)c2ccc(C#N)cc2)C1. The third-order valence-corrected chi connectivity index (χ3v) is 3.80. The van der Waals surface area contributed by atoms with E-state index in [0.717, 1.165) is 38.3 Å². The highest BCUT2D eigenvalue weighted by atomic mass is 16.5. The van der Waals surface area contributed by atoms with Crippen LogP contribution in [0, 0.1) is 11.3 Å². The van der Waals surface area contributed by atoms with Crippen LogP contribution in [0.5, 0.6) is 0 Å².